The van der Waals surface area contributed by atoms with Gasteiger partial charge in [-0.1, -0.05) is 32.1 Å². The van der Waals surface area contributed by atoms with Crippen LogP contribution in [0.25, 0.3) is 5.00 Å². The van der Waals surface area contributed by atoms with E-state index in [4.69, 9.17) is 4.98 Å². The van der Waals surface area contributed by atoms with Gasteiger partial charge >= 0.3 is 0 Å². The van der Waals surface area contributed by atoms with Crippen LogP contribution in [0.3, 0.4) is 0 Å². The SMILES string of the molecule is Cc1ccc(-n2nnnc2Sc2nc(C(C)(C)C)c(Br)s2)s1. The molecule has 3 aromatic heterocycles. The molecule has 0 aliphatic carbocycles. The Bertz CT molecular complexity index is 799. The Kier molecular flexibility index (Phi) is 4.41. The number of halogens is 1. The maximum atomic E-state index is 4.73. The van der Waals surface area contributed by atoms with Crippen LogP contribution in [0.15, 0.2) is 25.4 Å². The molecule has 0 saturated carbocycles. The van der Waals surface area contributed by atoms with Gasteiger partial charge in [0.25, 0.3) is 0 Å². The Morgan fingerprint density at radius 1 is 1.23 bits per heavy atom. The molecule has 0 spiro atoms. The van der Waals surface area contributed by atoms with E-state index in [1.54, 1.807) is 27.4 Å². The van der Waals surface area contributed by atoms with Crippen LogP contribution in [0.2, 0.25) is 0 Å². The zero-order valence-electron chi connectivity index (χ0n) is 12.5. The van der Waals surface area contributed by atoms with Crippen LogP contribution < -0.4 is 0 Å². The summed E-state index contributed by atoms with van der Waals surface area (Å²) in [5, 5.41) is 13.7. The first-order valence-electron chi connectivity index (χ1n) is 6.54. The average molecular weight is 416 g/mol. The van der Waals surface area contributed by atoms with E-state index >= 15 is 0 Å². The summed E-state index contributed by atoms with van der Waals surface area (Å²) in [6.07, 6.45) is 0. The van der Waals surface area contributed by atoms with E-state index in [0.717, 1.165) is 24.0 Å². The summed E-state index contributed by atoms with van der Waals surface area (Å²) in [6.45, 7) is 8.53. The van der Waals surface area contributed by atoms with E-state index in [9.17, 15) is 0 Å². The Morgan fingerprint density at radius 2 is 2.00 bits per heavy atom. The van der Waals surface area contributed by atoms with E-state index in [1.807, 2.05) is 6.07 Å². The number of hydrogen-bond donors (Lipinski definition) is 0. The van der Waals surface area contributed by atoms with Crippen molar-refractivity contribution in [2.45, 2.75) is 42.6 Å². The number of nitrogens with zero attached hydrogens (tertiary/aromatic N) is 5. The predicted molar refractivity (Wildman–Crippen MR) is 94.4 cm³/mol. The molecule has 22 heavy (non-hydrogen) atoms. The maximum absolute atomic E-state index is 4.73. The lowest BCUT2D eigenvalue weighted by molar-refractivity contribution is 0.566. The van der Waals surface area contributed by atoms with E-state index < -0.39 is 0 Å². The molecule has 0 atom stereocenters. The van der Waals surface area contributed by atoms with Gasteiger partial charge in [-0.25, -0.2) is 4.98 Å². The summed E-state index contributed by atoms with van der Waals surface area (Å²) in [7, 11) is 0. The number of rotatable bonds is 3. The van der Waals surface area contributed by atoms with Crippen LogP contribution in [-0.2, 0) is 5.41 Å². The highest BCUT2D eigenvalue weighted by Crippen LogP contribution is 2.39. The van der Waals surface area contributed by atoms with Gasteiger partial charge in [0.15, 0.2) is 4.34 Å². The molecular weight excluding hydrogens is 402 g/mol. The molecular formula is C13H14BrN5S3. The summed E-state index contributed by atoms with van der Waals surface area (Å²) in [4.78, 5) is 5.96. The second kappa shape index (κ2) is 6.03. The molecule has 0 aromatic carbocycles. The van der Waals surface area contributed by atoms with Gasteiger partial charge in [0.2, 0.25) is 5.16 Å². The average Bonchev–Trinajstić information content (AvgIpc) is 3.09. The Hall–Kier alpha value is -0.770. The molecule has 0 aliphatic heterocycles. The van der Waals surface area contributed by atoms with E-state index in [0.29, 0.717) is 0 Å². The van der Waals surface area contributed by atoms with Crippen molar-refractivity contribution in [3.8, 4) is 5.00 Å². The van der Waals surface area contributed by atoms with Crippen molar-refractivity contribution in [2.75, 3.05) is 0 Å². The molecule has 9 heteroatoms. The first kappa shape index (κ1) is 16.1. The standard InChI is InChI=1S/C13H14BrN5S3/c1-7-5-6-8(20-7)19-11(16-17-18-19)22-12-15-9(10(14)21-12)13(2,3)4/h5-6H,1-4H3. The van der Waals surface area contributed by atoms with Crippen molar-refractivity contribution in [1.82, 2.24) is 25.2 Å². The van der Waals surface area contributed by atoms with Crippen molar-refractivity contribution in [2.24, 2.45) is 0 Å². The van der Waals surface area contributed by atoms with Gasteiger partial charge in [-0.2, -0.15) is 4.68 Å². The second-order valence-corrected chi connectivity index (χ2v) is 10.5. The summed E-state index contributed by atoms with van der Waals surface area (Å²) >= 11 is 8.37. The minimum atomic E-state index is 0.00489. The normalized spacial score (nSPS) is 12.0. The third kappa shape index (κ3) is 3.27. The molecule has 3 rings (SSSR count). The molecule has 0 fully saturated rings. The highest BCUT2D eigenvalue weighted by molar-refractivity contribution is 9.11. The van der Waals surface area contributed by atoms with Gasteiger partial charge in [0.05, 0.1) is 9.48 Å². The Labute approximate surface area is 149 Å². The van der Waals surface area contributed by atoms with Crippen LogP contribution in [0.5, 0.6) is 0 Å². The maximum Gasteiger partial charge on any atom is 0.221 e. The van der Waals surface area contributed by atoms with Crippen LogP contribution in [-0.4, -0.2) is 25.2 Å². The fourth-order valence-electron chi connectivity index (χ4n) is 1.78. The second-order valence-electron chi connectivity index (χ2n) is 5.71. The smallest absolute Gasteiger partial charge is 0.221 e. The van der Waals surface area contributed by atoms with E-state index in [2.05, 4.69) is 65.2 Å². The molecule has 3 heterocycles. The minimum absolute atomic E-state index is 0.00489. The van der Waals surface area contributed by atoms with Crippen molar-refractivity contribution in [3.63, 3.8) is 0 Å². The van der Waals surface area contributed by atoms with Crippen molar-refractivity contribution < 1.29 is 0 Å². The topological polar surface area (TPSA) is 56.5 Å². The molecule has 0 amide bonds. The van der Waals surface area contributed by atoms with Gasteiger partial charge in [-0.15, -0.1) is 16.4 Å². The quantitative estimate of drug-likeness (QED) is 0.620. The van der Waals surface area contributed by atoms with E-state index in [1.165, 1.54) is 16.6 Å². The van der Waals surface area contributed by atoms with Gasteiger partial charge in [-0.05, 0) is 57.2 Å². The fraction of sp³-hybridized carbons (Fsp3) is 0.385. The van der Waals surface area contributed by atoms with Crippen LogP contribution in [0.1, 0.15) is 31.3 Å². The zero-order valence-corrected chi connectivity index (χ0v) is 16.5. The van der Waals surface area contributed by atoms with Gasteiger partial charge in [-0.3, -0.25) is 0 Å². The van der Waals surface area contributed by atoms with Crippen molar-refractivity contribution in [1.29, 1.82) is 0 Å². The molecule has 0 aliphatic rings. The van der Waals surface area contributed by atoms with Crippen LogP contribution in [0, 0.1) is 6.92 Å². The van der Waals surface area contributed by atoms with Crippen molar-refractivity contribution >= 4 is 50.4 Å². The van der Waals surface area contributed by atoms with Crippen molar-refractivity contribution in [3.05, 3.63) is 26.5 Å². The number of aromatic nitrogens is 5. The highest BCUT2D eigenvalue weighted by atomic mass is 79.9. The summed E-state index contributed by atoms with van der Waals surface area (Å²) in [5.41, 5.74) is 1.07. The lowest BCUT2D eigenvalue weighted by Crippen LogP contribution is -2.12. The van der Waals surface area contributed by atoms with E-state index in [-0.39, 0.29) is 5.41 Å². The summed E-state index contributed by atoms with van der Waals surface area (Å²) in [6, 6.07) is 4.09. The van der Waals surface area contributed by atoms with Gasteiger partial charge in [0, 0.05) is 10.3 Å². The lowest BCUT2D eigenvalue weighted by atomic mass is 9.93. The summed E-state index contributed by atoms with van der Waals surface area (Å²) in [5.74, 6) is 0. The van der Waals surface area contributed by atoms with Gasteiger partial charge in [0.1, 0.15) is 5.00 Å². The first-order valence-corrected chi connectivity index (χ1v) is 9.78. The Balaban J connectivity index is 1.91. The molecule has 116 valence electrons. The number of aryl methyl sites for hydroxylation is 1. The highest BCUT2D eigenvalue weighted by Gasteiger charge is 2.23. The number of thiazole rings is 1. The largest absolute Gasteiger partial charge is 0.232 e. The lowest BCUT2D eigenvalue weighted by Gasteiger charge is -2.15. The number of thiophene rings is 1. The molecule has 0 unspecified atom stereocenters. The van der Waals surface area contributed by atoms with Crippen LogP contribution >= 0.6 is 50.4 Å². The van der Waals surface area contributed by atoms with Gasteiger partial charge < -0.3 is 0 Å². The number of tetrazole rings is 1. The minimum Gasteiger partial charge on any atom is -0.232 e. The molecule has 0 saturated heterocycles. The molecule has 0 bridgehead atoms. The fourth-order valence-corrected chi connectivity index (χ4v) is 6.09. The number of hydrogen-bond acceptors (Lipinski definition) is 7. The predicted octanol–water partition coefficient (Wildman–Crippen LogP) is 4.70. The first-order chi connectivity index (χ1) is 10.3. The van der Waals surface area contributed by atoms with Crippen LogP contribution in [0.4, 0.5) is 0 Å². The molecule has 5 nitrogen and oxygen atoms in total. The third-order valence-corrected chi connectivity index (χ3v) is 6.51. The monoisotopic (exact) mass is 415 g/mol. The third-order valence-electron chi connectivity index (χ3n) is 2.83. The Morgan fingerprint density at radius 3 is 2.59 bits per heavy atom. The molecule has 3 aromatic rings. The summed E-state index contributed by atoms with van der Waals surface area (Å²) < 4.78 is 3.75. The molecule has 0 radical (unpaired) electrons. The molecule has 0 N–H and O–H groups in total. The zero-order chi connectivity index (χ0) is 15.9.